The molecule has 1 aliphatic rings. The number of nitrogens with one attached hydrogen (secondary N) is 1. The Bertz CT molecular complexity index is 866. The van der Waals surface area contributed by atoms with Crippen molar-refractivity contribution >= 4 is 33.5 Å². The molecule has 0 saturated heterocycles. The molecule has 0 atom stereocenters. The third-order valence-corrected chi connectivity index (χ3v) is 4.59. The average Bonchev–Trinajstić information content (AvgIpc) is 2.90. The lowest BCUT2D eigenvalue weighted by Gasteiger charge is -2.19. The highest BCUT2D eigenvalue weighted by Crippen LogP contribution is 2.44. The van der Waals surface area contributed by atoms with Gasteiger partial charge in [0.1, 0.15) is 5.70 Å². The number of β-amino-alcohol motifs (C(OH)–C–C–N with tert-alkyl or cyclic N) is 1. The standard InChI is InChI=1S/C16H13BrF6N2O4/c1-29-14(28)7-6-25(2-3-26)13(27)12(7)24-11-5-9(16(21,22)23)8(4-10(11)17)15(18,19)20/h4-5,24,26H,2-3,6H2,1H3. The summed E-state index contributed by atoms with van der Waals surface area (Å²) in [6.45, 7) is -0.916. The van der Waals surface area contributed by atoms with E-state index in [-0.39, 0.29) is 30.8 Å². The van der Waals surface area contributed by atoms with Crippen molar-refractivity contribution in [2.24, 2.45) is 0 Å². The highest BCUT2D eigenvalue weighted by Gasteiger charge is 2.44. The fourth-order valence-electron chi connectivity index (χ4n) is 2.62. The molecule has 13 heteroatoms. The Kier molecular flexibility index (Phi) is 6.52. The van der Waals surface area contributed by atoms with Gasteiger partial charge in [-0.3, -0.25) is 4.79 Å². The van der Waals surface area contributed by atoms with Gasteiger partial charge >= 0.3 is 18.3 Å². The van der Waals surface area contributed by atoms with Crippen LogP contribution in [0.3, 0.4) is 0 Å². The lowest BCUT2D eigenvalue weighted by molar-refractivity contribution is -0.162. The lowest BCUT2D eigenvalue weighted by atomic mass is 10.1. The third-order valence-electron chi connectivity index (χ3n) is 3.93. The molecule has 2 N–H and O–H groups in total. The van der Waals surface area contributed by atoms with E-state index in [2.05, 4.69) is 26.0 Å². The molecule has 1 amide bonds. The summed E-state index contributed by atoms with van der Waals surface area (Å²) in [5, 5.41) is 11.3. The number of aliphatic hydroxyl groups is 1. The quantitative estimate of drug-likeness (QED) is 0.489. The Labute approximate surface area is 168 Å². The maximum atomic E-state index is 13.2. The number of amides is 1. The van der Waals surface area contributed by atoms with Crippen LogP contribution in [-0.4, -0.2) is 48.7 Å². The monoisotopic (exact) mass is 490 g/mol. The number of rotatable bonds is 5. The molecule has 0 aliphatic carbocycles. The van der Waals surface area contributed by atoms with Crippen molar-refractivity contribution in [2.45, 2.75) is 12.4 Å². The van der Waals surface area contributed by atoms with Gasteiger partial charge in [-0.25, -0.2) is 4.79 Å². The number of benzene rings is 1. The molecule has 29 heavy (non-hydrogen) atoms. The molecule has 2 rings (SSSR count). The predicted molar refractivity (Wildman–Crippen MR) is 90.5 cm³/mol. The molecule has 1 aromatic carbocycles. The number of nitrogens with zero attached hydrogens (tertiary/aromatic N) is 1. The van der Waals surface area contributed by atoms with Gasteiger partial charge in [-0.15, -0.1) is 0 Å². The van der Waals surface area contributed by atoms with E-state index in [4.69, 9.17) is 5.11 Å². The van der Waals surface area contributed by atoms with E-state index in [1.54, 1.807) is 0 Å². The van der Waals surface area contributed by atoms with Crippen LogP contribution in [0.4, 0.5) is 32.0 Å². The van der Waals surface area contributed by atoms with Crippen molar-refractivity contribution in [3.63, 3.8) is 0 Å². The second kappa shape index (κ2) is 8.22. The minimum atomic E-state index is -5.33. The Morgan fingerprint density at radius 1 is 1.21 bits per heavy atom. The average molecular weight is 491 g/mol. The summed E-state index contributed by atoms with van der Waals surface area (Å²) >= 11 is 2.75. The molecule has 0 radical (unpaired) electrons. The summed E-state index contributed by atoms with van der Waals surface area (Å²) in [6, 6.07) is 0.422. The van der Waals surface area contributed by atoms with Gasteiger partial charge in [-0.2, -0.15) is 26.3 Å². The lowest BCUT2D eigenvalue weighted by Crippen LogP contribution is -2.31. The van der Waals surface area contributed by atoms with Crippen molar-refractivity contribution in [1.82, 2.24) is 4.90 Å². The summed E-state index contributed by atoms with van der Waals surface area (Å²) in [5.41, 5.74) is -5.09. The highest BCUT2D eigenvalue weighted by molar-refractivity contribution is 9.10. The van der Waals surface area contributed by atoms with Crippen LogP contribution in [0.1, 0.15) is 11.1 Å². The van der Waals surface area contributed by atoms with E-state index >= 15 is 0 Å². The molecule has 0 fully saturated rings. The fraction of sp³-hybridized carbons (Fsp3) is 0.375. The number of methoxy groups -OCH3 is 1. The first kappa shape index (κ1) is 23.0. The zero-order valence-corrected chi connectivity index (χ0v) is 16.1. The van der Waals surface area contributed by atoms with E-state index in [0.29, 0.717) is 0 Å². The van der Waals surface area contributed by atoms with Crippen LogP contribution >= 0.6 is 15.9 Å². The zero-order chi connectivity index (χ0) is 22.1. The Morgan fingerprint density at radius 2 is 1.76 bits per heavy atom. The highest BCUT2D eigenvalue weighted by atomic mass is 79.9. The van der Waals surface area contributed by atoms with Gasteiger partial charge in [0, 0.05) is 11.0 Å². The molecule has 0 spiro atoms. The number of carbonyl (C=O) groups is 2. The van der Waals surface area contributed by atoms with Crippen molar-refractivity contribution in [2.75, 3.05) is 32.1 Å². The van der Waals surface area contributed by atoms with Crippen LogP contribution in [0.5, 0.6) is 0 Å². The molecule has 0 aromatic heterocycles. The summed E-state index contributed by atoms with van der Waals surface area (Å²) < 4.78 is 82.7. The van der Waals surface area contributed by atoms with Crippen LogP contribution in [0.2, 0.25) is 0 Å². The van der Waals surface area contributed by atoms with Crippen LogP contribution < -0.4 is 5.32 Å². The normalized spacial score (nSPS) is 15.2. The fourth-order valence-corrected chi connectivity index (χ4v) is 3.06. The molecule has 0 saturated carbocycles. The summed E-state index contributed by atoms with van der Waals surface area (Å²) in [4.78, 5) is 25.3. The molecule has 160 valence electrons. The van der Waals surface area contributed by atoms with E-state index in [1.807, 2.05) is 0 Å². The van der Waals surface area contributed by atoms with Crippen molar-refractivity contribution in [1.29, 1.82) is 0 Å². The molecule has 1 aliphatic heterocycles. The molecule has 0 unspecified atom stereocenters. The minimum Gasteiger partial charge on any atom is -0.466 e. The van der Waals surface area contributed by atoms with E-state index in [1.165, 1.54) is 0 Å². The largest absolute Gasteiger partial charge is 0.466 e. The maximum Gasteiger partial charge on any atom is 0.417 e. The Morgan fingerprint density at radius 3 is 2.24 bits per heavy atom. The molecule has 1 aromatic rings. The first-order valence-corrected chi connectivity index (χ1v) is 8.57. The molecule has 6 nitrogen and oxygen atoms in total. The van der Waals surface area contributed by atoms with Crippen LogP contribution in [-0.2, 0) is 26.7 Å². The molecular formula is C16H13BrF6N2O4. The third kappa shape index (κ3) is 4.83. The summed E-state index contributed by atoms with van der Waals surface area (Å²) in [7, 11) is 1.02. The Hall–Kier alpha value is -2.28. The van der Waals surface area contributed by atoms with Gasteiger partial charge in [0.05, 0.1) is 42.6 Å². The zero-order valence-electron chi connectivity index (χ0n) is 14.5. The number of hydrogen-bond acceptors (Lipinski definition) is 5. The van der Waals surface area contributed by atoms with Gasteiger partial charge in [-0.1, -0.05) is 0 Å². The van der Waals surface area contributed by atoms with E-state index in [0.717, 1.165) is 12.0 Å². The smallest absolute Gasteiger partial charge is 0.417 e. The van der Waals surface area contributed by atoms with Gasteiger partial charge in [0.2, 0.25) is 0 Å². The second-order valence-electron chi connectivity index (χ2n) is 5.79. The van der Waals surface area contributed by atoms with Crippen LogP contribution in [0.15, 0.2) is 27.9 Å². The first-order chi connectivity index (χ1) is 13.3. The summed E-state index contributed by atoms with van der Waals surface area (Å²) in [5.74, 6) is -1.79. The van der Waals surface area contributed by atoms with E-state index in [9.17, 15) is 35.9 Å². The van der Waals surface area contributed by atoms with Gasteiger partial charge in [0.25, 0.3) is 5.91 Å². The van der Waals surface area contributed by atoms with Crippen LogP contribution in [0, 0.1) is 0 Å². The second-order valence-corrected chi connectivity index (χ2v) is 6.65. The van der Waals surface area contributed by atoms with Crippen molar-refractivity contribution in [3.05, 3.63) is 39.0 Å². The number of anilines is 1. The van der Waals surface area contributed by atoms with Crippen molar-refractivity contribution < 1.29 is 45.8 Å². The number of halogens is 7. The SMILES string of the molecule is COC(=O)C1=C(Nc2cc(C(F)(F)F)c(C(F)(F)F)cc2Br)C(=O)N(CCO)C1. The Balaban J connectivity index is 2.57. The van der Waals surface area contributed by atoms with Gasteiger partial charge in [-0.05, 0) is 28.1 Å². The molecule has 0 bridgehead atoms. The number of ether oxygens (including phenoxy) is 1. The minimum absolute atomic E-state index is 0.174. The van der Waals surface area contributed by atoms with Gasteiger partial charge in [0.15, 0.2) is 0 Å². The topological polar surface area (TPSA) is 78.9 Å². The number of hydrogen-bond donors (Lipinski definition) is 2. The number of carbonyl (C=O) groups excluding carboxylic acids is 2. The molecule has 1 heterocycles. The van der Waals surface area contributed by atoms with E-state index < -0.39 is 57.8 Å². The molecular weight excluding hydrogens is 478 g/mol. The number of aliphatic hydroxyl groups excluding tert-OH is 1. The maximum absolute atomic E-state index is 13.2. The van der Waals surface area contributed by atoms with Crippen molar-refractivity contribution in [3.8, 4) is 0 Å². The number of alkyl halides is 6. The first-order valence-electron chi connectivity index (χ1n) is 7.77. The number of esters is 1. The summed E-state index contributed by atoms with van der Waals surface area (Å²) in [6.07, 6.45) is -10.6. The predicted octanol–water partition coefficient (Wildman–Crippen LogP) is 3.16. The van der Waals surface area contributed by atoms with Crippen LogP contribution in [0.25, 0.3) is 0 Å². The van der Waals surface area contributed by atoms with Gasteiger partial charge < -0.3 is 20.1 Å².